The van der Waals surface area contributed by atoms with E-state index >= 15 is 0 Å². The molecule has 1 aromatic heterocycles. The second kappa shape index (κ2) is 9.09. The van der Waals surface area contributed by atoms with Crippen LogP contribution in [0.3, 0.4) is 0 Å². The minimum absolute atomic E-state index is 0.0979. The molecule has 0 N–H and O–H groups in total. The van der Waals surface area contributed by atoms with Gasteiger partial charge in [-0.15, -0.1) is 0 Å². The topological polar surface area (TPSA) is 59.5 Å². The Labute approximate surface area is 185 Å². The normalized spacial score (nSPS) is 10.8. The van der Waals surface area contributed by atoms with E-state index in [4.69, 9.17) is 4.42 Å². The van der Waals surface area contributed by atoms with Crippen molar-refractivity contribution < 1.29 is 9.34 Å². The zero-order chi connectivity index (χ0) is 21.8. The average molecular weight is 429 g/mol. The molecule has 0 spiro atoms. The molecule has 5 nitrogen and oxygen atoms in total. The van der Waals surface area contributed by atoms with Crippen molar-refractivity contribution >= 4 is 28.6 Å². The molecule has 1 heterocycles. The van der Waals surface area contributed by atoms with Crippen LogP contribution in [0.2, 0.25) is 0 Å². The number of benzene rings is 3. The van der Waals surface area contributed by atoms with Crippen LogP contribution in [-0.4, -0.2) is 16.3 Å². The van der Waals surface area contributed by atoms with Gasteiger partial charge >= 0.3 is 0 Å². The second-order valence-electron chi connectivity index (χ2n) is 7.18. The highest BCUT2D eigenvalue weighted by molar-refractivity contribution is 7.97. The Morgan fingerprint density at radius 3 is 2.48 bits per heavy atom. The number of nitrogens with zero attached hydrogens (tertiary/aromatic N) is 2. The van der Waals surface area contributed by atoms with Gasteiger partial charge < -0.3 is 4.42 Å². The minimum Gasteiger partial charge on any atom is -0.460 e. The highest BCUT2D eigenvalue weighted by Gasteiger charge is 2.16. The van der Waals surface area contributed by atoms with Gasteiger partial charge in [-0.05, 0) is 68.4 Å². The molecule has 0 unspecified atom stereocenters. The van der Waals surface area contributed by atoms with Crippen LogP contribution in [0.15, 0.2) is 82.1 Å². The summed E-state index contributed by atoms with van der Waals surface area (Å²) in [6.07, 6.45) is 0. The van der Waals surface area contributed by atoms with Gasteiger partial charge in [-0.1, -0.05) is 41.7 Å². The SMILES string of the molecule is Cc1ccc(C#Cc2ccc3oc(CN(C)Sc4ccccc4[N+](=O)[O-])cc3c2)cc1. The van der Waals surface area contributed by atoms with Crippen LogP contribution in [0.4, 0.5) is 5.69 Å². The Hall–Kier alpha value is -3.53. The van der Waals surface area contributed by atoms with Gasteiger partial charge in [0, 0.05) is 22.6 Å². The quantitative estimate of drug-likeness (QED) is 0.164. The van der Waals surface area contributed by atoms with E-state index in [9.17, 15) is 10.1 Å². The number of hydrogen-bond acceptors (Lipinski definition) is 5. The lowest BCUT2D eigenvalue weighted by Crippen LogP contribution is -2.08. The van der Waals surface area contributed by atoms with E-state index in [-0.39, 0.29) is 10.6 Å². The molecule has 3 aromatic carbocycles. The summed E-state index contributed by atoms with van der Waals surface area (Å²) in [5.74, 6) is 7.17. The van der Waals surface area contributed by atoms with Gasteiger partial charge in [0.05, 0.1) is 11.5 Å². The molecule has 0 saturated heterocycles. The van der Waals surface area contributed by atoms with Gasteiger partial charge in [0.2, 0.25) is 0 Å². The van der Waals surface area contributed by atoms with Crippen molar-refractivity contribution in [3.63, 3.8) is 0 Å². The van der Waals surface area contributed by atoms with Crippen LogP contribution in [-0.2, 0) is 6.54 Å². The number of nitro benzene ring substituents is 1. The fraction of sp³-hybridized carbons (Fsp3) is 0.120. The summed E-state index contributed by atoms with van der Waals surface area (Å²) in [5.41, 5.74) is 4.00. The Bertz CT molecular complexity index is 1300. The molecule has 4 aromatic rings. The third-order valence-electron chi connectivity index (χ3n) is 4.66. The highest BCUT2D eigenvalue weighted by Crippen LogP contribution is 2.32. The van der Waals surface area contributed by atoms with Crippen LogP contribution in [0.25, 0.3) is 11.0 Å². The summed E-state index contributed by atoms with van der Waals surface area (Å²) in [7, 11) is 1.88. The lowest BCUT2D eigenvalue weighted by atomic mass is 10.1. The molecule has 0 saturated carbocycles. The summed E-state index contributed by atoms with van der Waals surface area (Å²) in [5, 5.41) is 12.2. The molecule has 0 fully saturated rings. The smallest absolute Gasteiger partial charge is 0.284 e. The van der Waals surface area contributed by atoms with E-state index in [0.29, 0.717) is 11.4 Å². The minimum atomic E-state index is -0.365. The van der Waals surface area contributed by atoms with Gasteiger partial charge in [0.15, 0.2) is 0 Å². The summed E-state index contributed by atoms with van der Waals surface area (Å²) in [6, 6.07) is 22.7. The monoisotopic (exact) mass is 428 g/mol. The van der Waals surface area contributed by atoms with E-state index in [1.54, 1.807) is 18.2 Å². The van der Waals surface area contributed by atoms with Gasteiger partial charge in [0.25, 0.3) is 5.69 Å². The molecule has 4 rings (SSSR count). The Balaban J connectivity index is 1.48. The van der Waals surface area contributed by atoms with E-state index < -0.39 is 0 Å². The number of aryl methyl sites for hydroxylation is 1. The first-order chi connectivity index (χ1) is 15.0. The molecule has 0 aliphatic rings. The number of fused-ring (bicyclic) bond motifs is 1. The van der Waals surface area contributed by atoms with Crippen molar-refractivity contribution in [2.45, 2.75) is 18.4 Å². The van der Waals surface area contributed by atoms with Crippen molar-refractivity contribution in [3.05, 3.63) is 105 Å². The first kappa shape index (κ1) is 20.7. The van der Waals surface area contributed by atoms with Gasteiger partial charge in [-0.25, -0.2) is 4.31 Å². The molecule has 0 aliphatic heterocycles. The Morgan fingerprint density at radius 2 is 1.71 bits per heavy atom. The molecule has 31 heavy (non-hydrogen) atoms. The summed E-state index contributed by atoms with van der Waals surface area (Å²) < 4.78 is 7.86. The van der Waals surface area contributed by atoms with Crippen LogP contribution >= 0.6 is 11.9 Å². The number of para-hydroxylation sites is 1. The number of rotatable bonds is 5. The number of furan rings is 1. The second-order valence-corrected chi connectivity index (χ2v) is 8.43. The highest BCUT2D eigenvalue weighted by atomic mass is 32.2. The maximum absolute atomic E-state index is 11.2. The summed E-state index contributed by atoms with van der Waals surface area (Å²) in [6.45, 7) is 2.56. The lowest BCUT2D eigenvalue weighted by molar-refractivity contribution is -0.387. The molecule has 0 aliphatic carbocycles. The first-order valence-electron chi connectivity index (χ1n) is 9.71. The predicted octanol–water partition coefficient (Wildman–Crippen LogP) is 6.19. The predicted molar refractivity (Wildman–Crippen MR) is 124 cm³/mol. The zero-order valence-corrected chi connectivity index (χ0v) is 18.0. The lowest BCUT2D eigenvalue weighted by Gasteiger charge is -2.13. The van der Waals surface area contributed by atoms with Crippen molar-refractivity contribution in [3.8, 4) is 11.8 Å². The average Bonchev–Trinajstić information content (AvgIpc) is 3.14. The van der Waals surface area contributed by atoms with E-state index in [0.717, 1.165) is 27.9 Å². The largest absolute Gasteiger partial charge is 0.460 e. The standard InChI is InChI=1S/C25H20N2O3S/c1-18-7-9-19(10-8-18)11-12-20-13-14-24-21(15-20)16-22(30-24)17-26(2)31-25-6-4-3-5-23(25)27(28)29/h3-10,13-16H,17H2,1-2H3. The maximum Gasteiger partial charge on any atom is 0.284 e. The van der Waals surface area contributed by atoms with Gasteiger partial charge in [-0.2, -0.15) is 0 Å². The van der Waals surface area contributed by atoms with Crippen LogP contribution in [0, 0.1) is 28.9 Å². The fourth-order valence-electron chi connectivity index (χ4n) is 3.14. The molecule has 0 radical (unpaired) electrons. The van der Waals surface area contributed by atoms with Crippen LogP contribution in [0.5, 0.6) is 0 Å². The number of hydrogen-bond donors (Lipinski definition) is 0. The van der Waals surface area contributed by atoms with Crippen molar-refractivity contribution in [2.75, 3.05) is 7.05 Å². The third kappa shape index (κ3) is 5.15. The third-order valence-corrected chi connectivity index (χ3v) is 5.65. The van der Waals surface area contributed by atoms with Crippen LogP contribution < -0.4 is 0 Å². The van der Waals surface area contributed by atoms with Crippen molar-refractivity contribution in [2.24, 2.45) is 0 Å². The Kier molecular flexibility index (Phi) is 6.08. The molecule has 6 heteroatoms. The zero-order valence-electron chi connectivity index (χ0n) is 17.2. The van der Waals surface area contributed by atoms with Gasteiger partial charge in [0.1, 0.15) is 16.2 Å². The summed E-state index contributed by atoms with van der Waals surface area (Å²) in [4.78, 5) is 11.4. The molecule has 0 atom stereocenters. The van der Waals surface area contributed by atoms with Crippen molar-refractivity contribution in [1.29, 1.82) is 0 Å². The van der Waals surface area contributed by atoms with E-state index in [2.05, 4.69) is 18.8 Å². The summed E-state index contributed by atoms with van der Waals surface area (Å²) >= 11 is 1.32. The Morgan fingerprint density at radius 1 is 1.00 bits per heavy atom. The van der Waals surface area contributed by atoms with Gasteiger partial charge in [-0.3, -0.25) is 10.1 Å². The molecular formula is C25H20N2O3S. The van der Waals surface area contributed by atoms with E-state index in [1.807, 2.05) is 59.9 Å². The molecule has 154 valence electrons. The molecule has 0 amide bonds. The first-order valence-corrected chi connectivity index (χ1v) is 10.5. The van der Waals surface area contributed by atoms with Crippen molar-refractivity contribution in [1.82, 2.24) is 4.31 Å². The molecular weight excluding hydrogens is 408 g/mol. The molecule has 0 bridgehead atoms. The van der Waals surface area contributed by atoms with E-state index in [1.165, 1.54) is 23.6 Å². The number of nitro groups is 1. The van der Waals surface area contributed by atoms with Crippen LogP contribution in [0.1, 0.15) is 22.5 Å². The fourth-order valence-corrected chi connectivity index (χ4v) is 4.04. The maximum atomic E-state index is 11.2.